The fraction of sp³-hybridized carbons (Fsp3) is 0.286. The predicted octanol–water partition coefficient (Wildman–Crippen LogP) is 6.55. The number of esters is 1. The smallest absolute Gasteiger partial charge is 0.345 e. The highest BCUT2D eigenvalue weighted by atomic mass is 16.5. The number of aromatic nitrogens is 2. The second-order valence-electron chi connectivity index (χ2n) is 10.8. The van der Waals surface area contributed by atoms with Gasteiger partial charge in [-0.2, -0.15) is 15.5 Å². The quantitative estimate of drug-likeness (QED) is 0.217. The van der Waals surface area contributed by atoms with Gasteiger partial charge in [-0.05, 0) is 91.8 Å². The number of likely N-dealkylation sites (tertiary alicyclic amines) is 1. The Bertz CT molecular complexity index is 1710. The molecule has 0 amide bonds. The van der Waals surface area contributed by atoms with Crippen LogP contribution in [-0.4, -0.2) is 46.6 Å². The van der Waals surface area contributed by atoms with Crippen molar-refractivity contribution < 1.29 is 14.3 Å². The lowest BCUT2D eigenvalue weighted by molar-refractivity contribution is 0.0522. The lowest BCUT2D eigenvalue weighted by Crippen LogP contribution is -2.39. The van der Waals surface area contributed by atoms with Crippen LogP contribution in [0.5, 0.6) is 11.6 Å². The van der Waals surface area contributed by atoms with Crippen molar-refractivity contribution in [1.82, 2.24) is 14.9 Å². The molecule has 1 fully saturated rings. The monoisotopic (exact) mass is 586 g/mol. The molecule has 0 atom stereocenters. The topological polar surface area (TPSA) is 124 Å². The van der Waals surface area contributed by atoms with Crippen molar-refractivity contribution in [3.05, 3.63) is 100 Å². The van der Waals surface area contributed by atoms with Crippen molar-refractivity contribution in [1.29, 1.82) is 10.5 Å². The van der Waals surface area contributed by atoms with Crippen LogP contribution in [0.1, 0.15) is 57.9 Å². The summed E-state index contributed by atoms with van der Waals surface area (Å²) in [7, 11) is 0. The average molecular weight is 587 g/mol. The summed E-state index contributed by atoms with van der Waals surface area (Å²) in [5, 5.41) is 22.0. The highest BCUT2D eigenvalue weighted by Crippen LogP contribution is 2.34. The Morgan fingerprint density at radius 2 is 1.70 bits per heavy atom. The number of hydrogen-bond acceptors (Lipinski definition) is 9. The predicted molar refractivity (Wildman–Crippen MR) is 167 cm³/mol. The van der Waals surface area contributed by atoms with E-state index >= 15 is 0 Å². The highest BCUT2D eigenvalue weighted by molar-refractivity contribution is 5.91. The third-order valence-electron chi connectivity index (χ3n) is 7.71. The minimum atomic E-state index is -0.551. The van der Waals surface area contributed by atoms with Crippen molar-refractivity contribution in [2.75, 3.05) is 25.0 Å². The number of hydrogen-bond donors (Lipinski definition) is 1. The first-order valence-electron chi connectivity index (χ1n) is 14.7. The molecule has 2 heterocycles. The van der Waals surface area contributed by atoms with Gasteiger partial charge in [0.1, 0.15) is 11.3 Å². The van der Waals surface area contributed by atoms with Crippen LogP contribution in [-0.2, 0) is 11.3 Å². The molecule has 44 heavy (non-hydrogen) atoms. The van der Waals surface area contributed by atoms with Gasteiger partial charge in [0.2, 0.25) is 11.8 Å². The van der Waals surface area contributed by atoms with Gasteiger partial charge in [0.05, 0.1) is 36.1 Å². The summed E-state index contributed by atoms with van der Waals surface area (Å²) in [5.41, 5.74) is 6.24. The van der Waals surface area contributed by atoms with Crippen LogP contribution in [0.25, 0.3) is 11.1 Å². The van der Waals surface area contributed by atoms with Crippen LogP contribution in [0.4, 0.5) is 5.95 Å². The molecule has 1 aliphatic heterocycles. The number of ether oxygens (including phenoxy) is 2. The maximum atomic E-state index is 12.8. The van der Waals surface area contributed by atoms with E-state index in [0.29, 0.717) is 22.8 Å². The molecule has 9 heteroatoms. The molecule has 1 aromatic heterocycles. The maximum absolute atomic E-state index is 12.8. The molecule has 9 nitrogen and oxygen atoms in total. The summed E-state index contributed by atoms with van der Waals surface area (Å²) in [6.07, 6.45) is 3.21. The van der Waals surface area contributed by atoms with Crippen molar-refractivity contribution in [3.63, 3.8) is 0 Å². The largest absolute Gasteiger partial charge is 0.462 e. The molecule has 1 saturated heterocycles. The third-order valence-corrected chi connectivity index (χ3v) is 7.71. The number of nitrogens with one attached hydrogen (secondary N) is 1. The molecule has 0 saturated carbocycles. The fourth-order valence-electron chi connectivity index (χ4n) is 5.40. The minimum absolute atomic E-state index is 0.129. The van der Waals surface area contributed by atoms with E-state index in [9.17, 15) is 10.1 Å². The van der Waals surface area contributed by atoms with E-state index in [1.54, 1.807) is 19.1 Å². The average Bonchev–Trinajstić information content (AvgIpc) is 3.04. The molecule has 0 radical (unpaired) electrons. The summed E-state index contributed by atoms with van der Waals surface area (Å²) in [6, 6.07) is 23.7. The van der Waals surface area contributed by atoms with E-state index in [-0.39, 0.29) is 24.1 Å². The van der Waals surface area contributed by atoms with Gasteiger partial charge in [-0.25, -0.2) is 9.78 Å². The zero-order chi connectivity index (χ0) is 31.1. The molecule has 0 unspecified atom stereocenters. The number of nitrogens with zero attached hydrogens (tertiary/aromatic N) is 5. The SMILES string of the molecule is CCOC(=O)c1cnc(NC2CCN(Cc3ccccc3C#N)CC2)nc1Oc1c(C)cc(-c2ccc(C#N)cc2)cc1C. The number of carbonyl (C=O) groups excluding carboxylic acids is 1. The molecule has 0 spiro atoms. The van der Waals surface area contributed by atoms with Crippen LogP contribution >= 0.6 is 0 Å². The van der Waals surface area contributed by atoms with E-state index in [2.05, 4.69) is 32.3 Å². The van der Waals surface area contributed by atoms with Crippen LogP contribution in [0.3, 0.4) is 0 Å². The molecule has 0 bridgehead atoms. The molecule has 1 N–H and O–H groups in total. The van der Waals surface area contributed by atoms with Gasteiger partial charge >= 0.3 is 5.97 Å². The Labute approximate surface area is 257 Å². The van der Waals surface area contributed by atoms with E-state index in [4.69, 9.17) is 14.7 Å². The zero-order valence-electron chi connectivity index (χ0n) is 25.1. The highest BCUT2D eigenvalue weighted by Gasteiger charge is 2.24. The first-order chi connectivity index (χ1) is 21.4. The molecule has 4 aromatic rings. The Kier molecular flexibility index (Phi) is 9.49. The van der Waals surface area contributed by atoms with E-state index < -0.39 is 5.97 Å². The molecule has 3 aromatic carbocycles. The van der Waals surface area contributed by atoms with Gasteiger partial charge in [0, 0.05) is 25.7 Å². The second-order valence-corrected chi connectivity index (χ2v) is 10.8. The third kappa shape index (κ3) is 7.03. The molecule has 0 aliphatic carbocycles. The number of carbonyl (C=O) groups is 1. The van der Waals surface area contributed by atoms with Gasteiger partial charge in [-0.1, -0.05) is 30.3 Å². The molecular formula is C35H34N6O3. The molecule has 5 rings (SSSR count). The number of anilines is 1. The lowest BCUT2D eigenvalue weighted by atomic mass is 9.99. The minimum Gasteiger partial charge on any atom is -0.462 e. The Hall–Kier alpha value is -5.25. The van der Waals surface area contributed by atoms with Crippen molar-refractivity contribution in [2.45, 2.75) is 46.2 Å². The standard InChI is InChI=1S/C35H34N6O3/c1-4-43-34(42)31-21-38-35(39-30-13-15-41(16-14-30)22-28-8-6-5-7-27(28)20-37)40-33(31)44-32-23(2)17-29(18-24(32)3)26-11-9-25(19-36)10-12-26/h5-12,17-18,21,30H,4,13-16,22H2,1-3H3,(H,38,39,40). The van der Waals surface area contributed by atoms with E-state index in [1.807, 2.05) is 62.4 Å². The number of aryl methyl sites for hydroxylation is 2. The normalized spacial score (nSPS) is 13.5. The van der Waals surface area contributed by atoms with Crippen molar-refractivity contribution >= 4 is 11.9 Å². The van der Waals surface area contributed by atoms with Gasteiger partial charge in [-0.15, -0.1) is 0 Å². The summed E-state index contributed by atoms with van der Waals surface area (Å²) < 4.78 is 11.6. The van der Waals surface area contributed by atoms with Gasteiger partial charge < -0.3 is 14.8 Å². The summed E-state index contributed by atoms with van der Waals surface area (Å²) >= 11 is 0. The number of rotatable bonds is 9. The molecular weight excluding hydrogens is 552 g/mol. The van der Waals surface area contributed by atoms with Crippen molar-refractivity contribution in [2.24, 2.45) is 0 Å². The van der Waals surface area contributed by atoms with Crippen molar-refractivity contribution in [3.8, 4) is 34.9 Å². The number of benzene rings is 3. The van der Waals surface area contributed by atoms with Gasteiger partial charge in [-0.3, -0.25) is 4.90 Å². The van der Waals surface area contributed by atoms with Gasteiger partial charge in [0.15, 0.2) is 0 Å². The van der Waals surface area contributed by atoms with Crippen LogP contribution in [0.2, 0.25) is 0 Å². The van der Waals surface area contributed by atoms with Crippen LogP contribution in [0.15, 0.2) is 66.9 Å². The first kappa shape index (κ1) is 30.2. The zero-order valence-corrected chi connectivity index (χ0v) is 25.1. The summed E-state index contributed by atoms with van der Waals surface area (Å²) in [5.74, 6) is 0.558. The van der Waals surface area contributed by atoms with Gasteiger partial charge in [0.25, 0.3) is 0 Å². The van der Waals surface area contributed by atoms with E-state index in [0.717, 1.165) is 60.3 Å². The van der Waals surface area contributed by atoms with E-state index in [1.165, 1.54) is 6.20 Å². The second kappa shape index (κ2) is 13.8. The Morgan fingerprint density at radius 3 is 2.36 bits per heavy atom. The lowest BCUT2D eigenvalue weighted by Gasteiger charge is -2.32. The Morgan fingerprint density at radius 1 is 1.00 bits per heavy atom. The summed E-state index contributed by atoms with van der Waals surface area (Å²) in [4.78, 5) is 24.2. The molecule has 1 aliphatic rings. The van der Waals surface area contributed by atoms with Crippen LogP contribution < -0.4 is 10.1 Å². The first-order valence-corrected chi connectivity index (χ1v) is 14.7. The maximum Gasteiger partial charge on any atom is 0.345 e. The number of piperidine rings is 1. The number of nitriles is 2. The fourth-order valence-corrected chi connectivity index (χ4v) is 5.40. The van der Waals surface area contributed by atoms with Crippen LogP contribution in [0, 0.1) is 36.5 Å². The summed E-state index contributed by atoms with van der Waals surface area (Å²) in [6.45, 7) is 8.33. The Balaban J connectivity index is 1.32. The molecule has 222 valence electrons.